The predicted molar refractivity (Wildman–Crippen MR) is 71.1 cm³/mol. The van der Waals surface area contributed by atoms with Gasteiger partial charge in [-0.3, -0.25) is 0 Å². The Kier molecular flexibility index (Phi) is 6.38. The van der Waals surface area contributed by atoms with Gasteiger partial charge in [0.25, 0.3) is 0 Å². The third-order valence-electron chi connectivity index (χ3n) is 2.87. The zero-order valence-electron chi connectivity index (χ0n) is 10.6. The summed E-state index contributed by atoms with van der Waals surface area (Å²) in [5.41, 5.74) is 0. The maximum absolute atomic E-state index is 4.41. The minimum atomic E-state index is 0.772. The maximum Gasteiger partial charge on any atom is 0.202 e. The summed E-state index contributed by atoms with van der Waals surface area (Å²) in [7, 11) is 0. The van der Waals surface area contributed by atoms with Gasteiger partial charge < -0.3 is 5.32 Å². The van der Waals surface area contributed by atoms with Gasteiger partial charge in [-0.15, -0.1) is 0 Å². The van der Waals surface area contributed by atoms with E-state index in [1.54, 1.807) is 0 Å². The normalized spacial score (nSPS) is 12.7. The summed E-state index contributed by atoms with van der Waals surface area (Å²) in [5.74, 6) is 1.73. The lowest BCUT2D eigenvalue weighted by Gasteiger charge is -2.14. The third-order valence-corrected chi connectivity index (χ3v) is 3.58. The summed E-state index contributed by atoms with van der Waals surface area (Å²) in [6.07, 6.45) is 6.10. The molecule has 0 saturated carbocycles. The van der Waals surface area contributed by atoms with Gasteiger partial charge in [0.05, 0.1) is 0 Å². The van der Waals surface area contributed by atoms with E-state index in [-0.39, 0.29) is 0 Å². The Bertz CT molecular complexity index is 286. The van der Waals surface area contributed by atoms with Gasteiger partial charge in [0.2, 0.25) is 5.13 Å². The van der Waals surface area contributed by atoms with Crippen molar-refractivity contribution < 1.29 is 0 Å². The Morgan fingerprint density at radius 1 is 1.31 bits per heavy atom. The molecule has 1 heterocycles. The molecule has 0 aliphatic heterocycles. The monoisotopic (exact) mass is 241 g/mol. The number of aromatic nitrogens is 2. The molecule has 16 heavy (non-hydrogen) atoms. The molecule has 3 nitrogen and oxygen atoms in total. The lowest BCUT2D eigenvalue weighted by molar-refractivity contribution is 0.472. The van der Waals surface area contributed by atoms with Gasteiger partial charge in [-0.05, 0) is 12.3 Å². The lowest BCUT2D eigenvalue weighted by Crippen LogP contribution is -2.13. The van der Waals surface area contributed by atoms with Crippen molar-refractivity contribution >= 4 is 16.7 Å². The van der Waals surface area contributed by atoms with Crippen LogP contribution in [-0.2, 0) is 6.42 Å². The average molecular weight is 241 g/mol. The van der Waals surface area contributed by atoms with E-state index < -0.39 is 0 Å². The number of nitrogens with zero attached hydrogens (tertiary/aromatic N) is 2. The first kappa shape index (κ1) is 13.4. The number of unbranched alkanes of at least 4 members (excludes halogenated alkanes) is 1. The van der Waals surface area contributed by atoms with Crippen molar-refractivity contribution in [3.63, 3.8) is 0 Å². The van der Waals surface area contributed by atoms with E-state index in [1.165, 1.54) is 37.2 Å². The van der Waals surface area contributed by atoms with Crippen molar-refractivity contribution in [2.24, 2.45) is 5.92 Å². The summed E-state index contributed by atoms with van der Waals surface area (Å²) in [4.78, 5) is 4.41. The van der Waals surface area contributed by atoms with E-state index in [2.05, 4.69) is 35.4 Å². The fourth-order valence-electron chi connectivity index (χ4n) is 1.64. The molecule has 1 aromatic rings. The topological polar surface area (TPSA) is 37.8 Å². The molecule has 92 valence electrons. The summed E-state index contributed by atoms with van der Waals surface area (Å²) < 4.78 is 4.27. The van der Waals surface area contributed by atoms with Crippen molar-refractivity contribution in [3.05, 3.63) is 5.82 Å². The Labute approximate surface area is 103 Å². The summed E-state index contributed by atoms with van der Waals surface area (Å²) in [5, 5.41) is 4.38. The fourth-order valence-corrected chi connectivity index (χ4v) is 2.30. The van der Waals surface area contributed by atoms with Crippen molar-refractivity contribution in [2.45, 2.75) is 52.9 Å². The Morgan fingerprint density at radius 2 is 2.12 bits per heavy atom. The molecule has 1 unspecified atom stereocenters. The van der Waals surface area contributed by atoms with Crippen LogP contribution in [0.25, 0.3) is 0 Å². The highest BCUT2D eigenvalue weighted by Crippen LogP contribution is 2.16. The summed E-state index contributed by atoms with van der Waals surface area (Å²) >= 11 is 1.48. The van der Waals surface area contributed by atoms with Crippen LogP contribution >= 0.6 is 11.5 Å². The van der Waals surface area contributed by atoms with Gasteiger partial charge in [-0.25, -0.2) is 4.98 Å². The van der Waals surface area contributed by atoms with E-state index >= 15 is 0 Å². The highest BCUT2D eigenvalue weighted by molar-refractivity contribution is 7.09. The van der Waals surface area contributed by atoms with E-state index in [0.717, 1.165) is 29.8 Å². The summed E-state index contributed by atoms with van der Waals surface area (Å²) in [6.45, 7) is 7.63. The molecule has 1 atom stereocenters. The number of hydrogen-bond donors (Lipinski definition) is 1. The molecule has 0 amide bonds. The smallest absolute Gasteiger partial charge is 0.202 e. The minimum absolute atomic E-state index is 0.772. The van der Waals surface area contributed by atoms with Gasteiger partial charge in [0.1, 0.15) is 5.82 Å². The van der Waals surface area contributed by atoms with Crippen LogP contribution in [0.5, 0.6) is 0 Å². The van der Waals surface area contributed by atoms with Gasteiger partial charge in [0, 0.05) is 24.5 Å². The highest BCUT2D eigenvalue weighted by atomic mass is 32.1. The Balaban J connectivity index is 2.31. The van der Waals surface area contributed by atoms with Crippen LogP contribution in [0.2, 0.25) is 0 Å². The molecule has 0 aliphatic carbocycles. The zero-order chi connectivity index (χ0) is 11.8. The molecule has 0 spiro atoms. The quantitative estimate of drug-likeness (QED) is 0.753. The van der Waals surface area contributed by atoms with Gasteiger partial charge in [-0.2, -0.15) is 4.37 Å². The average Bonchev–Trinajstić information content (AvgIpc) is 2.77. The van der Waals surface area contributed by atoms with Gasteiger partial charge in [-0.1, -0.05) is 40.0 Å². The number of anilines is 1. The van der Waals surface area contributed by atoms with Crippen LogP contribution in [0.3, 0.4) is 0 Å². The second-order valence-electron chi connectivity index (χ2n) is 4.17. The second kappa shape index (κ2) is 7.60. The molecule has 0 radical (unpaired) electrons. The first-order valence-electron chi connectivity index (χ1n) is 6.36. The van der Waals surface area contributed by atoms with Crippen molar-refractivity contribution in [2.75, 3.05) is 11.9 Å². The van der Waals surface area contributed by atoms with Gasteiger partial charge >= 0.3 is 0 Å². The molecule has 0 aromatic carbocycles. The molecule has 0 fully saturated rings. The fraction of sp³-hybridized carbons (Fsp3) is 0.833. The molecule has 0 bridgehead atoms. The van der Waals surface area contributed by atoms with Crippen molar-refractivity contribution in [1.82, 2.24) is 9.36 Å². The second-order valence-corrected chi connectivity index (χ2v) is 4.92. The molecule has 0 aliphatic rings. The first-order chi connectivity index (χ1) is 7.80. The van der Waals surface area contributed by atoms with Crippen molar-refractivity contribution in [3.8, 4) is 0 Å². The Hall–Kier alpha value is -0.640. The Morgan fingerprint density at radius 3 is 2.69 bits per heavy atom. The van der Waals surface area contributed by atoms with E-state index in [4.69, 9.17) is 0 Å². The van der Waals surface area contributed by atoms with Crippen LogP contribution in [-0.4, -0.2) is 15.9 Å². The predicted octanol–water partition coefficient (Wildman–Crippen LogP) is 3.73. The lowest BCUT2D eigenvalue weighted by atomic mass is 10.00. The van der Waals surface area contributed by atoms with Crippen LogP contribution < -0.4 is 5.32 Å². The van der Waals surface area contributed by atoms with E-state index in [1.807, 2.05) is 0 Å². The zero-order valence-corrected chi connectivity index (χ0v) is 11.4. The molecule has 4 heteroatoms. The molecular weight excluding hydrogens is 218 g/mol. The third kappa shape index (κ3) is 4.47. The van der Waals surface area contributed by atoms with Gasteiger partial charge in [0.15, 0.2) is 0 Å². The minimum Gasteiger partial charge on any atom is -0.360 e. The van der Waals surface area contributed by atoms with Crippen LogP contribution in [0.4, 0.5) is 5.13 Å². The van der Waals surface area contributed by atoms with Crippen molar-refractivity contribution in [1.29, 1.82) is 0 Å². The van der Waals surface area contributed by atoms with E-state index in [0.29, 0.717) is 0 Å². The number of aryl methyl sites for hydroxylation is 1. The number of hydrogen-bond acceptors (Lipinski definition) is 4. The SMILES string of the molecule is CCCCC(CC)CNc1nc(CC)ns1. The molecule has 1 aromatic heterocycles. The maximum atomic E-state index is 4.41. The standard InChI is InChI=1S/C12H23N3S/c1-4-7-8-10(5-2)9-13-12-14-11(6-3)15-16-12/h10H,4-9H2,1-3H3,(H,13,14,15). The number of rotatable bonds is 8. The summed E-state index contributed by atoms with van der Waals surface area (Å²) in [6, 6.07) is 0. The molecule has 0 saturated heterocycles. The molecular formula is C12H23N3S. The first-order valence-corrected chi connectivity index (χ1v) is 7.13. The van der Waals surface area contributed by atoms with Crippen LogP contribution in [0.1, 0.15) is 52.3 Å². The van der Waals surface area contributed by atoms with Crippen LogP contribution in [0.15, 0.2) is 0 Å². The van der Waals surface area contributed by atoms with E-state index in [9.17, 15) is 0 Å². The highest BCUT2D eigenvalue weighted by Gasteiger charge is 2.07. The molecule has 1 rings (SSSR count). The van der Waals surface area contributed by atoms with Crippen LogP contribution in [0, 0.1) is 5.92 Å². The largest absolute Gasteiger partial charge is 0.360 e. The molecule has 1 N–H and O–H groups in total. The number of nitrogens with one attached hydrogen (secondary N) is 1.